The van der Waals surface area contributed by atoms with E-state index in [9.17, 15) is 27.6 Å². The van der Waals surface area contributed by atoms with Crippen molar-refractivity contribution in [2.75, 3.05) is 6.61 Å². The first kappa shape index (κ1) is 43.8. The average molecular weight is 753 g/mol. The van der Waals surface area contributed by atoms with Crippen LogP contribution in [0, 0.1) is 34.0 Å². The van der Waals surface area contributed by atoms with Crippen molar-refractivity contribution in [3.63, 3.8) is 0 Å². The number of halogens is 3. The maximum atomic E-state index is 12.6. The summed E-state index contributed by atoms with van der Waals surface area (Å²) in [6.07, 6.45) is 9.47. The lowest BCUT2D eigenvalue weighted by molar-refractivity contribution is -0.206. The molecule has 4 saturated carbocycles. The van der Waals surface area contributed by atoms with Crippen molar-refractivity contribution >= 4 is 40.7 Å². The van der Waals surface area contributed by atoms with E-state index in [1.165, 1.54) is 38.5 Å². The van der Waals surface area contributed by atoms with Gasteiger partial charge in [0.1, 0.15) is 10.5 Å². The zero-order valence-electron chi connectivity index (χ0n) is 30.5. The highest BCUT2D eigenvalue weighted by molar-refractivity contribution is 7.86. The number of ether oxygens (including phenoxy) is 3. The number of hydrogen-bond acceptors (Lipinski definition) is 9. The molecule has 0 radical (unpaired) electrons. The highest BCUT2D eigenvalue weighted by Crippen LogP contribution is 2.64. The third-order valence-electron chi connectivity index (χ3n) is 10.7. The van der Waals surface area contributed by atoms with Crippen molar-refractivity contribution in [1.29, 1.82) is 0 Å². The Labute approximate surface area is 300 Å². The molecule has 286 valence electrons. The summed E-state index contributed by atoms with van der Waals surface area (Å²) in [5.74, 6) is 1.93. The van der Waals surface area contributed by atoms with E-state index in [-0.39, 0.29) is 28.4 Å². The first-order valence-electron chi connectivity index (χ1n) is 17.2. The van der Waals surface area contributed by atoms with E-state index < -0.39 is 33.1 Å². The number of carbonyl (C=O) groups excluding carboxylic acids is 3. The van der Waals surface area contributed by atoms with Crippen LogP contribution in [0.2, 0.25) is 0 Å². The van der Waals surface area contributed by atoms with Gasteiger partial charge in [0, 0.05) is 11.8 Å². The van der Waals surface area contributed by atoms with Gasteiger partial charge in [0.25, 0.3) is 0 Å². The molecule has 4 aliphatic carbocycles. The first-order valence-corrected chi connectivity index (χ1v) is 19.1. The van der Waals surface area contributed by atoms with E-state index in [0.717, 1.165) is 29.1 Å². The predicted octanol–water partition coefficient (Wildman–Crippen LogP) is 7.35. The summed E-state index contributed by atoms with van der Waals surface area (Å²) < 4.78 is 74.8. The fourth-order valence-electron chi connectivity index (χ4n) is 6.93. The van der Waals surface area contributed by atoms with Gasteiger partial charge >= 0.3 is 23.4 Å². The topological polar surface area (TPSA) is 136 Å². The van der Waals surface area contributed by atoms with Gasteiger partial charge in [0.15, 0.2) is 10.1 Å². The second-order valence-corrected chi connectivity index (χ2v) is 17.6. The van der Waals surface area contributed by atoms with Crippen LogP contribution in [0.15, 0.2) is 35.2 Å². The SMILES string of the molecule is CCC(C)(C)C(=O)OC(C)(C)C12CC3CC(CC(C3)C1)C2.CCC(C)(C)C(=O)OC1CCOC1=O.O=S(=O)([O-])C(F)(F)F.[SH2+]c1ccccc1. The zero-order valence-corrected chi connectivity index (χ0v) is 32.3. The van der Waals surface area contributed by atoms with Crippen LogP contribution < -0.4 is 0 Å². The summed E-state index contributed by atoms with van der Waals surface area (Å²) in [7, 11) is -6.09. The van der Waals surface area contributed by atoms with Gasteiger partial charge in [-0.3, -0.25) is 9.59 Å². The first-order chi connectivity index (χ1) is 22.8. The van der Waals surface area contributed by atoms with Crippen molar-refractivity contribution in [2.45, 2.75) is 135 Å². The van der Waals surface area contributed by atoms with Gasteiger partial charge in [-0.2, -0.15) is 13.2 Å². The highest BCUT2D eigenvalue weighted by Gasteiger charge is 2.59. The lowest BCUT2D eigenvalue weighted by Gasteiger charge is -2.61. The highest BCUT2D eigenvalue weighted by atomic mass is 32.2. The molecule has 14 heteroatoms. The molecule has 0 amide bonds. The number of rotatable bonds is 7. The van der Waals surface area contributed by atoms with Crippen LogP contribution in [0.1, 0.15) is 113 Å². The number of alkyl halides is 3. The monoisotopic (exact) mass is 752 g/mol. The number of hydrogen-bond donors (Lipinski definition) is 0. The second kappa shape index (κ2) is 17.0. The molecule has 0 spiro atoms. The van der Waals surface area contributed by atoms with Crippen molar-refractivity contribution in [1.82, 2.24) is 0 Å². The van der Waals surface area contributed by atoms with Gasteiger partial charge in [-0.15, -0.1) is 0 Å². The van der Waals surface area contributed by atoms with Crippen LogP contribution in [0.25, 0.3) is 0 Å². The molecule has 1 aromatic rings. The van der Waals surface area contributed by atoms with E-state index in [0.29, 0.717) is 19.4 Å². The Balaban J connectivity index is 0.000000257. The van der Waals surface area contributed by atoms with Gasteiger partial charge in [0.05, 0.1) is 17.4 Å². The summed E-state index contributed by atoms with van der Waals surface area (Å²) in [6.45, 7) is 16.3. The molecular weight excluding hydrogens is 698 g/mol. The number of benzene rings is 1. The van der Waals surface area contributed by atoms with Crippen molar-refractivity contribution in [3.05, 3.63) is 30.3 Å². The molecule has 6 rings (SSSR count). The lowest BCUT2D eigenvalue weighted by Crippen LogP contribution is -2.58. The molecule has 0 aromatic heterocycles. The standard InChI is InChI=1S/C19H32O2.C10H16O4.C6H6S.CHF3O3S/c1-6-17(2,3)16(20)21-18(4,5)19-10-13-7-14(11-19)9-15(8-13)12-19;1-4-10(2,3)9(12)14-7-5-6-13-8(7)11;7-6-4-2-1-3-5-6;2-1(3,4)8(5,6)7/h13-15H,6-12H2,1-5H3;7H,4-6H2,1-3H3;1-5,7H;(H,5,6,7). The van der Waals surface area contributed by atoms with Gasteiger partial charge in [0.2, 0.25) is 6.10 Å². The molecule has 1 atom stereocenters. The van der Waals surface area contributed by atoms with Crippen molar-refractivity contribution in [3.8, 4) is 0 Å². The summed E-state index contributed by atoms with van der Waals surface area (Å²) >= 11 is 3.36. The van der Waals surface area contributed by atoms with Crippen LogP contribution in [-0.2, 0) is 51.3 Å². The van der Waals surface area contributed by atoms with Gasteiger partial charge in [-0.1, -0.05) is 32.0 Å². The minimum atomic E-state index is -6.09. The largest absolute Gasteiger partial charge is 0.741 e. The number of cyclic esters (lactones) is 1. The summed E-state index contributed by atoms with van der Waals surface area (Å²) in [4.78, 5) is 36.3. The number of esters is 3. The smallest absolute Gasteiger partial charge is 0.485 e. The van der Waals surface area contributed by atoms with Gasteiger partial charge in [-0.25, -0.2) is 13.2 Å². The molecule has 9 nitrogen and oxygen atoms in total. The normalized spacial score (nSPS) is 25.8. The number of carbonyl (C=O) groups is 3. The lowest BCUT2D eigenvalue weighted by atomic mass is 9.46. The maximum absolute atomic E-state index is 12.6. The van der Waals surface area contributed by atoms with Gasteiger partial charge < -0.3 is 18.8 Å². The maximum Gasteiger partial charge on any atom is 0.485 e. The minimum Gasteiger partial charge on any atom is -0.741 e. The van der Waals surface area contributed by atoms with Crippen LogP contribution in [-0.4, -0.2) is 54.7 Å². The van der Waals surface area contributed by atoms with E-state index in [2.05, 4.69) is 33.4 Å². The van der Waals surface area contributed by atoms with Crippen LogP contribution in [0.5, 0.6) is 0 Å². The Morgan fingerprint density at radius 1 is 0.880 bits per heavy atom. The van der Waals surface area contributed by atoms with E-state index in [4.69, 9.17) is 27.2 Å². The average Bonchev–Trinajstić information content (AvgIpc) is 3.40. The van der Waals surface area contributed by atoms with Crippen molar-refractivity contribution in [2.24, 2.45) is 34.0 Å². The Kier molecular flexibility index (Phi) is 14.9. The molecule has 1 aromatic carbocycles. The minimum absolute atomic E-state index is 0.00857. The molecule has 4 bridgehead atoms. The molecule has 1 unspecified atom stereocenters. The van der Waals surface area contributed by atoms with Crippen LogP contribution in [0.4, 0.5) is 13.2 Å². The molecule has 5 fully saturated rings. The van der Waals surface area contributed by atoms with E-state index in [1.807, 2.05) is 51.1 Å². The van der Waals surface area contributed by atoms with Crippen LogP contribution in [0.3, 0.4) is 0 Å². The molecule has 1 saturated heterocycles. The molecular formula is C36H55F3O9S2. The Bertz CT molecular complexity index is 1370. The Morgan fingerprint density at radius 3 is 1.62 bits per heavy atom. The second-order valence-electron chi connectivity index (χ2n) is 15.7. The summed E-state index contributed by atoms with van der Waals surface area (Å²) in [6, 6.07) is 9.96. The van der Waals surface area contributed by atoms with E-state index in [1.54, 1.807) is 13.8 Å². The molecule has 1 aliphatic heterocycles. The van der Waals surface area contributed by atoms with Crippen LogP contribution >= 0.6 is 0 Å². The fraction of sp³-hybridized carbons (Fsp3) is 0.750. The van der Waals surface area contributed by atoms with Gasteiger partial charge in [-0.05, 0) is 135 Å². The molecule has 0 N–H and O–H groups in total. The zero-order chi connectivity index (χ0) is 38.3. The van der Waals surface area contributed by atoms with Crippen molar-refractivity contribution < 1.29 is 54.7 Å². The third-order valence-corrected chi connectivity index (χ3v) is 11.6. The fourth-order valence-corrected chi connectivity index (χ4v) is 7.12. The summed E-state index contributed by atoms with van der Waals surface area (Å²) in [5.41, 5.74) is -6.59. The van der Waals surface area contributed by atoms with E-state index >= 15 is 0 Å². The molecule has 1 heterocycles. The molecule has 5 aliphatic rings. The summed E-state index contributed by atoms with van der Waals surface area (Å²) in [5, 5.41) is 0. The molecule has 50 heavy (non-hydrogen) atoms. The quantitative estimate of drug-likeness (QED) is 0.0921. The third kappa shape index (κ3) is 11.9. The predicted molar refractivity (Wildman–Crippen MR) is 185 cm³/mol. The Morgan fingerprint density at radius 2 is 1.30 bits per heavy atom. The Hall–Kier alpha value is -2.32.